The quantitative estimate of drug-likeness (QED) is 0.628. The number of carbonyl (C=O) groups is 1. The first-order valence-electron chi connectivity index (χ1n) is 7.90. The summed E-state index contributed by atoms with van der Waals surface area (Å²) in [5.74, 6) is -2.21. The van der Waals surface area contributed by atoms with Crippen LogP contribution in [0.3, 0.4) is 0 Å². The van der Waals surface area contributed by atoms with Crippen LogP contribution in [0.25, 0.3) is 16.7 Å². The Morgan fingerprint density at radius 2 is 1.83 bits per heavy atom. The maximum Gasteiger partial charge on any atom is 0.431 e. The predicted molar refractivity (Wildman–Crippen MR) is 95.0 cm³/mol. The number of hydrogen-bond acceptors (Lipinski definition) is 4. The fourth-order valence-corrected chi connectivity index (χ4v) is 3.35. The summed E-state index contributed by atoms with van der Waals surface area (Å²) in [6, 6.07) is 0.154. The number of amides is 1. The van der Waals surface area contributed by atoms with Crippen LogP contribution in [-0.4, -0.2) is 15.0 Å². The molecule has 0 fully saturated rings. The lowest BCUT2D eigenvalue weighted by molar-refractivity contribution is -0.144. The fraction of sp³-hybridized carbons (Fsp3) is 0.235. The lowest BCUT2D eigenvalue weighted by Gasteiger charge is -2.15. The van der Waals surface area contributed by atoms with E-state index in [1.807, 2.05) is 0 Å². The topological polar surface area (TPSA) is 100 Å². The van der Waals surface area contributed by atoms with E-state index in [1.54, 1.807) is 0 Å². The predicted octanol–water partition coefficient (Wildman–Crippen LogP) is 2.81. The smallest absolute Gasteiger partial charge is 0.431 e. The normalized spacial score (nSPS) is 12.0. The van der Waals surface area contributed by atoms with Gasteiger partial charge < -0.3 is 10.2 Å². The average molecular weight is 434 g/mol. The second-order valence-electron chi connectivity index (χ2n) is 6.25. The van der Waals surface area contributed by atoms with Gasteiger partial charge in [0.2, 0.25) is 0 Å². The Bertz CT molecular complexity index is 1320. The average Bonchev–Trinajstić information content (AvgIpc) is 2.95. The molecule has 0 aliphatic heterocycles. The summed E-state index contributed by atoms with van der Waals surface area (Å²) in [5, 5.41) is -0.400. The van der Waals surface area contributed by atoms with Crippen molar-refractivity contribution >= 4 is 28.5 Å². The number of carbonyl (C=O) groups excluding carboxylic acids is 1. The molecule has 7 nitrogen and oxygen atoms in total. The molecule has 12 heteroatoms. The van der Waals surface area contributed by atoms with Gasteiger partial charge in [-0.3, -0.25) is 14.2 Å². The summed E-state index contributed by atoms with van der Waals surface area (Å²) in [5.41, 5.74) is -0.817. The number of furan rings is 1. The summed E-state index contributed by atoms with van der Waals surface area (Å²) in [6.07, 6.45) is -4.99. The van der Waals surface area contributed by atoms with Crippen LogP contribution in [0.4, 0.5) is 17.6 Å². The van der Waals surface area contributed by atoms with Gasteiger partial charge in [-0.25, -0.2) is 13.8 Å². The molecule has 1 aromatic carbocycles. The monoisotopic (exact) mass is 433 g/mol. The molecule has 0 radical (unpaired) electrons. The van der Waals surface area contributed by atoms with Gasteiger partial charge in [0.25, 0.3) is 11.5 Å². The van der Waals surface area contributed by atoms with Crippen LogP contribution in [0.5, 0.6) is 0 Å². The molecule has 0 saturated carbocycles. The maximum atomic E-state index is 15.1. The molecule has 2 aromatic heterocycles. The minimum atomic E-state index is -4.99. The Hall–Kier alpha value is -3.08. The van der Waals surface area contributed by atoms with Gasteiger partial charge in [-0.1, -0.05) is 11.6 Å². The molecule has 154 valence electrons. The van der Waals surface area contributed by atoms with Gasteiger partial charge in [-0.05, 0) is 13.8 Å². The van der Waals surface area contributed by atoms with Crippen molar-refractivity contribution in [1.82, 2.24) is 9.13 Å². The van der Waals surface area contributed by atoms with Crippen LogP contribution in [0.2, 0.25) is 5.02 Å². The Morgan fingerprint density at radius 3 is 2.34 bits per heavy atom. The van der Waals surface area contributed by atoms with Gasteiger partial charge >= 0.3 is 11.9 Å². The molecule has 0 bridgehead atoms. The van der Waals surface area contributed by atoms with E-state index in [4.69, 9.17) is 21.8 Å². The highest BCUT2D eigenvalue weighted by atomic mass is 35.5. The van der Waals surface area contributed by atoms with E-state index in [2.05, 4.69) is 0 Å². The highest BCUT2D eigenvalue weighted by molar-refractivity contribution is 6.38. The van der Waals surface area contributed by atoms with Crippen molar-refractivity contribution in [2.24, 2.45) is 12.8 Å². The SMILES string of the molecule is Cc1oc2c(-n3c(=O)cc(C(F)(F)F)n(C)c3=O)c(F)c(C)c(Cl)c2c1C(N)=O. The lowest BCUT2D eigenvalue weighted by Crippen LogP contribution is -2.41. The summed E-state index contributed by atoms with van der Waals surface area (Å²) >= 11 is 6.12. The second-order valence-corrected chi connectivity index (χ2v) is 6.62. The Labute approximate surface area is 163 Å². The van der Waals surface area contributed by atoms with Gasteiger partial charge in [0.15, 0.2) is 11.4 Å². The molecule has 0 aliphatic rings. The van der Waals surface area contributed by atoms with E-state index in [0.717, 1.165) is 7.05 Å². The summed E-state index contributed by atoms with van der Waals surface area (Å²) in [7, 11) is 0.779. The molecule has 3 aromatic rings. The molecule has 3 rings (SSSR count). The number of alkyl halides is 3. The van der Waals surface area contributed by atoms with Gasteiger partial charge in [-0.2, -0.15) is 13.2 Å². The zero-order chi connectivity index (χ0) is 22.0. The van der Waals surface area contributed by atoms with Gasteiger partial charge in [-0.15, -0.1) is 0 Å². The molecule has 0 spiro atoms. The highest BCUT2D eigenvalue weighted by Crippen LogP contribution is 2.39. The van der Waals surface area contributed by atoms with Gasteiger partial charge in [0.1, 0.15) is 17.1 Å². The van der Waals surface area contributed by atoms with E-state index in [9.17, 15) is 27.6 Å². The van der Waals surface area contributed by atoms with E-state index < -0.39 is 46.1 Å². The number of benzene rings is 1. The van der Waals surface area contributed by atoms with E-state index in [-0.39, 0.29) is 42.5 Å². The molecule has 0 unspecified atom stereocenters. The summed E-state index contributed by atoms with van der Waals surface area (Å²) in [4.78, 5) is 36.7. The number of aryl methyl sites for hydroxylation is 1. The first kappa shape index (κ1) is 20.6. The first-order chi connectivity index (χ1) is 13.3. The fourth-order valence-electron chi connectivity index (χ4n) is 3.08. The van der Waals surface area contributed by atoms with Crippen LogP contribution >= 0.6 is 11.6 Å². The lowest BCUT2D eigenvalue weighted by atomic mass is 10.1. The number of nitrogens with zero attached hydrogens (tertiary/aromatic N) is 2. The van der Waals surface area contributed by atoms with E-state index in [1.165, 1.54) is 13.8 Å². The number of halogens is 5. The standard InChI is InChI=1S/C17H12ClF4N3O4/c1-5-11(18)10-9(15(23)27)6(2)29-14(10)13(12(5)19)25-8(26)4-7(17(20,21)22)24(3)16(25)28/h4H,1-3H3,(H2,23,27). The molecule has 2 heterocycles. The van der Waals surface area contributed by atoms with E-state index >= 15 is 4.39 Å². The number of nitrogens with two attached hydrogens (primary N) is 1. The number of hydrogen-bond donors (Lipinski definition) is 1. The van der Waals surface area contributed by atoms with Crippen molar-refractivity contribution < 1.29 is 26.8 Å². The van der Waals surface area contributed by atoms with Crippen molar-refractivity contribution in [2.75, 3.05) is 0 Å². The number of primary amides is 1. The molecule has 0 saturated heterocycles. The van der Waals surface area contributed by atoms with Crippen molar-refractivity contribution in [1.29, 1.82) is 0 Å². The third kappa shape index (κ3) is 2.92. The second kappa shape index (κ2) is 6.48. The van der Waals surface area contributed by atoms with Gasteiger partial charge in [0.05, 0.1) is 16.0 Å². The molecule has 29 heavy (non-hydrogen) atoms. The zero-order valence-electron chi connectivity index (χ0n) is 15.1. The van der Waals surface area contributed by atoms with Crippen LogP contribution in [0.1, 0.15) is 27.4 Å². The van der Waals surface area contributed by atoms with Crippen LogP contribution in [0, 0.1) is 19.7 Å². The van der Waals surface area contributed by atoms with Gasteiger partial charge in [0, 0.05) is 18.7 Å². The third-order valence-electron chi connectivity index (χ3n) is 4.47. The first-order valence-corrected chi connectivity index (χ1v) is 8.27. The molecule has 0 atom stereocenters. The van der Waals surface area contributed by atoms with Crippen molar-refractivity contribution in [3.8, 4) is 5.69 Å². The molecule has 0 aliphatic carbocycles. The maximum absolute atomic E-state index is 15.1. The van der Waals surface area contributed by atoms with E-state index in [0.29, 0.717) is 0 Å². The molecule has 2 N–H and O–H groups in total. The molecule has 1 amide bonds. The van der Waals surface area contributed by atoms with Crippen molar-refractivity contribution in [2.45, 2.75) is 20.0 Å². The van der Waals surface area contributed by atoms with Crippen molar-refractivity contribution in [3.05, 3.63) is 60.3 Å². The summed E-state index contributed by atoms with van der Waals surface area (Å²) in [6.45, 7) is 2.52. The minimum Gasteiger partial charge on any atom is -0.458 e. The Balaban J connectivity index is 2.58. The largest absolute Gasteiger partial charge is 0.458 e. The molecular weight excluding hydrogens is 422 g/mol. The van der Waals surface area contributed by atoms with Crippen LogP contribution in [0.15, 0.2) is 20.1 Å². The summed E-state index contributed by atoms with van der Waals surface area (Å²) < 4.78 is 60.0. The minimum absolute atomic E-state index is 0.0718. The molecular formula is C17H12ClF4N3O4. The van der Waals surface area contributed by atoms with Crippen LogP contribution in [-0.2, 0) is 13.2 Å². The van der Waals surface area contributed by atoms with Crippen LogP contribution < -0.4 is 17.0 Å². The number of fused-ring (bicyclic) bond motifs is 1. The zero-order valence-corrected chi connectivity index (χ0v) is 15.8. The third-order valence-corrected chi connectivity index (χ3v) is 4.94. The van der Waals surface area contributed by atoms with Crippen molar-refractivity contribution in [3.63, 3.8) is 0 Å². The number of aromatic nitrogens is 2. The Morgan fingerprint density at radius 1 is 1.24 bits per heavy atom. The highest BCUT2D eigenvalue weighted by Gasteiger charge is 2.36. The Kier molecular flexibility index (Phi) is 4.61. The number of rotatable bonds is 2.